The predicted molar refractivity (Wildman–Crippen MR) is 82.0 cm³/mol. The molecule has 0 amide bonds. The van der Waals surface area contributed by atoms with Crippen molar-refractivity contribution in [1.29, 1.82) is 0 Å². The molecule has 1 aromatic carbocycles. The van der Waals surface area contributed by atoms with Gasteiger partial charge in [-0.05, 0) is 44.4 Å². The second kappa shape index (κ2) is 6.07. The number of halogens is 1. The number of benzene rings is 1. The minimum Gasteiger partial charge on any atom is -0.369 e. The van der Waals surface area contributed by atoms with Crippen molar-refractivity contribution in [2.45, 2.75) is 51.6 Å². The van der Waals surface area contributed by atoms with E-state index in [1.807, 2.05) is 6.92 Å². The maximum atomic E-state index is 5.95. The highest BCUT2D eigenvalue weighted by Gasteiger charge is 2.18. The predicted octanol–water partition coefficient (Wildman–Crippen LogP) is 4.24. The molecule has 0 spiro atoms. The highest BCUT2D eigenvalue weighted by Crippen LogP contribution is 2.30. The van der Waals surface area contributed by atoms with Crippen LogP contribution in [0.5, 0.6) is 0 Å². The monoisotopic (exact) mass is 310 g/mol. The van der Waals surface area contributed by atoms with Gasteiger partial charge >= 0.3 is 0 Å². The molecule has 0 aromatic heterocycles. The third-order valence-corrected chi connectivity index (χ3v) is 4.55. The van der Waals surface area contributed by atoms with Crippen molar-refractivity contribution < 1.29 is 0 Å². The van der Waals surface area contributed by atoms with Crippen LogP contribution in [0.4, 0.5) is 5.69 Å². The van der Waals surface area contributed by atoms with Gasteiger partial charge in [-0.25, -0.2) is 0 Å². The molecule has 2 nitrogen and oxygen atoms in total. The molecule has 1 aliphatic rings. The Labute approximate surface area is 119 Å². The Morgan fingerprint density at radius 3 is 2.78 bits per heavy atom. The van der Waals surface area contributed by atoms with Crippen LogP contribution in [-0.2, 0) is 0 Å². The van der Waals surface area contributed by atoms with Gasteiger partial charge in [-0.3, -0.25) is 0 Å². The summed E-state index contributed by atoms with van der Waals surface area (Å²) in [5.41, 5.74) is 8.45. The Kier molecular flexibility index (Phi) is 4.68. The first-order valence-electron chi connectivity index (χ1n) is 6.91. The quantitative estimate of drug-likeness (QED) is 0.885. The lowest BCUT2D eigenvalue weighted by Crippen LogP contribution is -2.32. The molecule has 0 saturated carbocycles. The summed E-state index contributed by atoms with van der Waals surface area (Å²) in [7, 11) is 0. The summed E-state index contributed by atoms with van der Waals surface area (Å²) in [6.45, 7) is 5.53. The van der Waals surface area contributed by atoms with Crippen LogP contribution in [0.3, 0.4) is 0 Å². The van der Waals surface area contributed by atoms with Gasteiger partial charge in [-0.1, -0.05) is 34.8 Å². The van der Waals surface area contributed by atoms with Gasteiger partial charge in [0.1, 0.15) is 0 Å². The molecule has 1 saturated heterocycles. The van der Waals surface area contributed by atoms with Crippen molar-refractivity contribution in [2.75, 3.05) is 11.4 Å². The molecule has 1 aromatic rings. The van der Waals surface area contributed by atoms with Crippen LogP contribution >= 0.6 is 15.9 Å². The molecule has 2 rings (SSSR count). The fraction of sp³-hybridized carbons (Fsp3) is 0.600. The number of hydrogen-bond acceptors (Lipinski definition) is 2. The zero-order valence-electron chi connectivity index (χ0n) is 11.3. The van der Waals surface area contributed by atoms with E-state index in [1.54, 1.807) is 0 Å². The summed E-state index contributed by atoms with van der Waals surface area (Å²) >= 11 is 3.65. The molecule has 0 aliphatic carbocycles. The number of nitrogens with zero attached hydrogens (tertiary/aromatic N) is 1. The zero-order valence-corrected chi connectivity index (χ0v) is 12.9. The fourth-order valence-corrected chi connectivity index (χ4v) is 3.45. The lowest BCUT2D eigenvalue weighted by Gasteiger charge is -2.30. The van der Waals surface area contributed by atoms with E-state index in [0.29, 0.717) is 6.04 Å². The molecular formula is C15H23BrN2. The van der Waals surface area contributed by atoms with Gasteiger partial charge in [-0.15, -0.1) is 0 Å². The molecule has 1 unspecified atom stereocenters. The maximum Gasteiger partial charge on any atom is 0.0380 e. The first-order valence-corrected chi connectivity index (χ1v) is 7.70. The Morgan fingerprint density at radius 2 is 2.11 bits per heavy atom. The minimum atomic E-state index is 0.0787. The summed E-state index contributed by atoms with van der Waals surface area (Å²) in [5.74, 6) is 0. The molecule has 2 N–H and O–H groups in total. The van der Waals surface area contributed by atoms with Crippen LogP contribution < -0.4 is 10.6 Å². The summed E-state index contributed by atoms with van der Waals surface area (Å²) < 4.78 is 1.13. The molecule has 1 fully saturated rings. The average Bonchev–Trinajstić information content (AvgIpc) is 2.53. The number of anilines is 1. The van der Waals surface area contributed by atoms with Crippen molar-refractivity contribution in [1.82, 2.24) is 0 Å². The summed E-state index contributed by atoms with van der Waals surface area (Å²) in [5, 5.41) is 0. The molecular weight excluding hydrogens is 288 g/mol. The number of nitrogens with two attached hydrogens (primary N) is 1. The zero-order chi connectivity index (χ0) is 13.1. The van der Waals surface area contributed by atoms with Crippen molar-refractivity contribution >= 4 is 21.6 Å². The van der Waals surface area contributed by atoms with Gasteiger partial charge in [0.25, 0.3) is 0 Å². The van der Waals surface area contributed by atoms with E-state index in [9.17, 15) is 0 Å². The Morgan fingerprint density at radius 1 is 1.33 bits per heavy atom. The summed E-state index contributed by atoms with van der Waals surface area (Å²) in [6, 6.07) is 7.31. The summed E-state index contributed by atoms with van der Waals surface area (Å²) in [4.78, 5) is 2.53. The molecule has 2 atom stereocenters. The van der Waals surface area contributed by atoms with Gasteiger partial charge in [0, 0.05) is 28.8 Å². The van der Waals surface area contributed by atoms with Crippen LogP contribution in [-0.4, -0.2) is 12.6 Å². The molecule has 3 heteroatoms. The third kappa shape index (κ3) is 3.07. The molecule has 100 valence electrons. The van der Waals surface area contributed by atoms with E-state index in [0.717, 1.165) is 4.47 Å². The van der Waals surface area contributed by atoms with E-state index < -0.39 is 0 Å². The van der Waals surface area contributed by atoms with Crippen LogP contribution in [0.2, 0.25) is 0 Å². The van der Waals surface area contributed by atoms with Gasteiger partial charge in [0.2, 0.25) is 0 Å². The van der Waals surface area contributed by atoms with Gasteiger partial charge in [-0.2, -0.15) is 0 Å². The van der Waals surface area contributed by atoms with Crippen LogP contribution in [0, 0.1) is 0 Å². The highest BCUT2D eigenvalue weighted by molar-refractivity contribution is 9.10. The van der Waals surface area contributed by atoms with Crippen molar-refractivity contribution in [3.63, 3.8) is 0 Å². The van der Waals surface area contributed by atoms with Crippen LogP contribution in [0.1, 0.15) is 51.1 Å². The van der Waals surface area contributed by atoms with Gasteiger partial charge in [0.15, 0.2) is 0 Å². The summed E-state index contributed by atoms with van der Waals surface area (Å²) in [6.07, 6.45) is 5.32. The van der Waals surface area contributed by atoms with Gasteiger partial charge < -0.3 is 10.6 Å². The Bertz CT molecular complexity index is 403. The van der Waals surface area contributed by atoms with E-state index in [4.69, 9.17) is 5.73 Å². The smallest absolute Gasteiger partial charge is 0.0380 e. The molecule has 1 heterocycles. The maximum absolute atomic E-state index is 5.95. The third-order valence-electron chi connectivity index (χ3n) is 3.86. The second-order valence-corrected chi connectivity index (χ2v) is 6.24. The van der Waals surface area contributed by atoms with E-state index >= 15 is 0 Å². The number of hydrogen-bond donors (Lipinski definition) is 1. The van der Waals surface area contributed by atoms with Crippen molar-refractivity contribution in [3.8, 4) is 0 Å². The topological polar surface area (TPSA) is 29.3 Å². The lowest BCUT2D eigenvalue weighted by molar-refractivity contribution is 0.616. The van der Waals surface area contributed by atoms with Crippen LogP contribution in [0.25, 0.3) is 0 Å². The normalized spacial score (nSPS) is 22.7. The largest absolute Gasteiger partial charge is 0.369 e. The van der Waals surface area contributed by atoms with Crippen molar-refractivity contribution in [2.24, 2.45) is 5.73 Å². The fourth-order valence-electron chi connectivity index (χ4n) is 2.72. The van der Waals surface area contributed by atoms with E-state index in [-0.39, 0.29) is 6.04 Å². The molecule has 18 heavy (non-hydrogen) atoms. The second-order valence-electron chi connectivity index (χ2n) is 5.39. The van der Waals surface area contributed by atoms with Gasteiger partial charge in [0.05, 0.1) is 0 Å². The van der Waals surface area contributed by atoms with Crippen LogP contribution in [0.15, 0.2) is 22.7 Å². The highest BCUT2D eigenvalue weighted by atomic mass is 79.9. The number of rotatable bonds is 2. The Balaban J connectivity index is 2.24. The average molecular weight is 311 g/mol. The lowest BCUT2D eigenvalue weighted by atomic mass is 10.1. The first-order chi connectivity index (χ1) is 8.59. The minimum absolute atomic E-state index is 0.0787. The molecule has 0 radical (unpaired) electrons. The van der Waals surface area contributed by atoms with E-state index in [2.05, 4.69) is 46.0 Å². The van der Waals surface area contributed by atoms with E-state index in [1.165, 1.54) is 43.5 Å². The standard InChI is InChI=1S/C15H23BrN2/c1-11-6-4-3-5-9-18(11)13-7-8-14(12(2)17)15(16)10-13/h7-8,10-12H,3-6,9,17H2,1-2H3/t11?,12-/m0/s1. The molecule has 0 bridgehead atoms. The first kappa shape index (κ1) is 13.9. The molecule has 1 aliphatic heterocycles. The Hall–Kier alpha value is -0.540. The van der Waals surface area contributed by atoms with Crippen molar-refractivity contribution in [3.05, 3.63) is 28.2 Å². The SMILES string of the molecule is CC1CCCCCN1c1ccc([C@H](C)N)c(Br)c1.